The summed E-state index contributed by atoms with van der Waals surface area (Å²) in [6.07, 6.45) is 1.55. The number of nitrogens with zero attached hydrogens (tertiary/aromatic N) is 1. The van der Waals surface area contributed by atoms with Gasteiger partial charge in [0, 0.05) is 19.5 Å². The van der Waals surface area contributed by atoms with Gasteiger partial charge in [0.25, 0.3) is 0 Å². The third-order valence-electron chi connectivity index (χ3n) is 4.13. The number of rotatable bonds is 2. The summed E-state index contributed by atoms with van der Waals surface area (Å²) in [6, 6.07) is 10.5. The van der Waals surface area contributed by atoms with Crippen molar-refractivity contribution < 1.29 is 9.53 Å². The Morgan fingerprint density at radius 1 is 1.28 bits per heavy atom. The highest BCUT2D eigenvalue weighted by Crippen LogP contribution is 2.35. The SMILES string of the molecule is O=C1CCOCC12CCN(Cc1ccccc1)C2. The standard InChI is InChI=1S/C15H19NO2/c17-14-6-9-18-12-15(14)7-8-16(11-15)10-13-4-2-1-3-5-13/h1-5H,6-12H2. The van der Waals surface area contributed by atoms with Gasteiger partial charge in [-0.3, -0.25) is 9.69 Å². The summed E-state index contributed by atoms with van der Waals surface area (Å²) in [5.41, 5.74) is 1.12. The largest absolute Gasteiger partial charge is 0.380 e. The molecule has 96 valence electrons. The molecule has 2 heterocycles. The van der Waals surface area contributed by atoms with Crippen LogP contribution in [0.4, 0.5) is 0 Å². The first kappa shape index (κ1) is 11.9. The third-order valence-corrected chi connectivity index (χ3v) is 4.13. The van der Waals surface area contributed by atoms with Gasteiger partial charge in [-0.2, -0.15) is 0 Å². The lowest BCUT2D eigenvalue weighted by molar-refractivity contribution is -0.139. The second-order valence-corrected chi connectivity index (χ2v) is 5.45. The van der Waals surface area contributed by atoms with Gasteiger partial charge in [-0.25, -0.2) is 0 Å². The molecule has 2 saturated heterocycles. The van der Waals surface area contributed by atoms with Gasteiger partial charge in [0.1, 0.15) is 5.78 Å². The fourth-order valence-corrected chi connectivity index (χ4v) is 3.06. The molecule has 0 aliphatic carbocycles. The number of ether oxygens (including phenoxy) is 1. The quantitative estimate of drug-likeness (QED) is 0.796. The summed E-state index contributed by atoms with van der Waals surface area (Å²) in [6.45, 7) is 4.04. The zero-order valence-corrected chi connectivity index (χ0v) is 10.6. The average Bonchev–Trinajstić information content (AvgIpc) is 2.79. The molecule has 1 atom stereocenters. The highest BCUT2D eigenvalue weighted by Gasteiger charge is 2.45. The van der Waals surface area contributed by atoms with Crippen LogP contribution in [0.15, 0.2) is 30.3 Å². The Bertz CT molecular complexity index is 431. The number of benzene rings is 1. The van der Waals surface area contributed by atoms with E-state index in [9.17, 15) is 4.79 Å². The molecule has 3 nitrogen and oxygen atoms in total. The smallest absolute Gasteiger partial charge is 0.144 e. The Labute approximate surface area is 108 Å². The summed E-state index contributed by atoms with van der Waals surface area (Å²) in [5, 5.41) is 0. The average molecular weight is 245 g/mol. The minimum Gasteiger partial charge on any atom is -0.380 e. The molecule has 3 heteroatoms. The molecule has 1 aromatic carbocycles. The summed E-state index contributed by atoms with van der Waals surface area (Å²) in [4.78, 5) is 14.5. The number of Topliss-reactive ketones (excluding diaryl/α,β-unsaturated/α-hetero) is 1. The van der Waals surface area contributed by atoms with E-state index >= 15 is 0 Å². The van der Waals surface area contributed by atoms with Gasteiger partial charge in [0.05, 0.1) is 18.6 Å². The third kappa shape index (κ3) is 2.20. The van der Waals surface area contributed by atoms with Gasteiger partial charge in [-0.05, 0) is 18.5 Å². The van der Waals surface area contributed by atoms with Crippen molar-refractivity contribution in [1.29, 1.82) is 0 Å². The van der Waals surface area contributed by atoms with Crippen molar-refractivity contribution in [3.8, 4) is 0 Å². The summed E-state index contributed by atoms with van der Waals surface area (Å²) in [5.74, 6) is 0.407. The Morgan fingerprint density at radius 3 is 2.89 bits per heavy atom. The van der Waals surface area contributed by atoms with Gasteiger partial charge in [0.15, 0.2) is 0 Å². The van der Waals surface area contributed by atoms with Crippen molar-refractivity contribution in [2.24, 2.45) is 5.41 Å². The lowest BCUT2D eigenvalue weighted by Gasteiger charge is -2.31. The molecular formula is C15H19NO2. The maximum absolute atomic E-state index is 12.1. The fourth-order valence-electron chi connectivity index (χ4n) is 3.06. The van der Waals surface area contributed by atoms with Crippen LogP contribution in [-0.4, -0.2) is 37.0 Å². The van der Waals surface area contributed by atoms with Crippen LogP contribution in [0.25, 0.3) is 0 Å². The van der Waals surface area contributed by atoms with E-state index in [1.54, 1.807) is 0 Å². The van der Waals surface area contributed by atoms with E-state index < -0.39 is 0 Å². The highest BCUT2D eigenvalue weighted by molar-refractivity contribution is 5.86. The zero-order chi connectivity index (χ0) is 12.4. The molecule has 1 unspecified atom stereocenters. The lowest BCUT2D eigenvalue weighted by atomic mass is 9.80. The van der Waals surface area contributed by atoms with Crippen molar-refractivity contribution in [1.82, 2.24) is 4.90 Å². The van der Waals surface area contributed by atoms with E-state index in [-0.39, 0.29) is 5.41 Å². The molecule has 0 bridgehead atoms. The number of ketones is 1. The van der Waals surface area contributed by atoms with Crippen LogP contribution in [0, 0.1) is 5.41 Å². The summed E-state index contributed by atoms with van der Waals surface area (Å²) in [7, 11) is 0. The van der Waals surface area contributed by atoms with Gasteiger partial charge in [-0.1, -0.05) is 30.3 Å². The molecule has 2 aliphatic rings. The zero-order valence-electron chi connectivity index (χ0n) is 10.6. The summed E-state index contributed by atoms with van der Waals surface area (Å²) >= 11 is 0. The van der Waals surface area contributed by atoms with Crippen molar-refractivity contribution in [2.45, 2.75) is 19.4 Å². The van der Waals surface area contributed by atoms with E-state index in [0.29, 0.717) is 25.4 Å². The van der Waals surface area contributed by atoms with E-state index in [2.05, 4.69) is 29.2 Å². The van der Waals surface area contributed by atoms with Crippen molar-refractivity contribution in [2.75, 3.05) is 26.3 Å². The minimum atomic E-state index is -0.201. The lowest BCUT2D eigenvalue weighted by Crippen LogP contribution is -2.42. The topological polar surface area (TPSA) is 29.5 Å². The number of hydrogen-bond donors (Lipinski definition) is 0. The van der Waals surface area contributed by atoms with E-state index in [1.165, 1.54) is 5.56 Å². The predicted octanol–water partition coefficient (Wildman–Crippen LogP) is 1.87. The van der Waals surface area contributed by atoms with Crippen LogP contribution in [0.3, 0.4) is 0 Å². The van der Waals surface area contributed by atoms with Gasteiger partial charge < -0.3 is 4.74 Å². The number of carbonyl (C=O) groups excluding carboxylic acids is 1. The van der Waals surface area contributed by atoms with E-state index in [4.69, 9.17) is 4.74 Å². The Hall–Kier alpha value is -1.19. The van der Waals surface area contributed by atoms with Gasteiger partial charge >= 0.3 is 0 Å². The maximum atomic E-state index is 12.1. The Balaban J connectivity index is 1.66. The van der Waals surface area contributed by atoms with Crippen LogP contribution in [0.2, 0.25) is 0 Å². The fraction of sp³-hybridized carbons (Fsp3) is 0.533. The Kier molecular flexibility index (Phi) is 3.18. The molecule has 0 saturated carbocycles. The van der Waals surface area contributed by atoms with Crippen LogP contribution in [0.1, 0.15) is 18.4 Å². The van der Waals surface area contributed by atoms with E-state index in [1.807, 2.05) is 6.07 Å². The maximum Gasteiger partial charge on any atom is 0.144 e. The molecular weight excluding hydrogens is 226 g/mol. The van der Waals surface area contributed by atoms with Crippen molar-refractivity contribution in [3.05, 3.63) is 35.9 Å². The van der Waals surface area contributed by atoms with Crippen LogP contribution in [0.5, 0.6) is 0 Å². The molecule has 1 spiro atoms. The first-order valence-corrected chi connectivity index (χ1v) is 6.66. The second kappa shape index (κ2) is 4.82. The van der Waals surface area contributed by atoms with Crippen LogP contribution in [-0.2, 0) is 16.1 Å². The Morgan fingerprint density at radius 2 is 2.11 bits per heavy atom. The predicted molar refractivity (Wildman–Crippen MR) is 69.2 cm³/mol. The summed E-state index contributed by atoms with van der Waals surface area (Å²) < 4.78 is 5.53. The molecule has 0 N–H and O–H groups in total. The minimum absolute atomic E-state index is 0.201. The normalized spacial score (nSPS) is 29.0. The molecule has 2 fully saturated rings. The number of hydrogen-bond acceptors (Lipinski definition) is 3. The molecule has 0 radical (unpaired) electrons. The molecule has 0 aromatic heterocycles. The van der Waals surface area contributed by atoms with E-state index in [0.717, 1.165) is 26.1 Å². The molecule has 0 amide bonds. The molecule has 1 aromatic rings. The molecule has 18 heavy (non-hydrogen) atoms. The van der Waals surface area contributed by atoms with Crippen LogP contribution >= 0.6 is 0 Å². The van der Waals surface area contributed by atoms with Gasteiger partial charge in [0.2, 0.25) is 0 Å². The van der Waals surface area contributed by atoms with Crippen molar-refractivity contribution >= 4 is 5.78 Å². The number of likely N-dealkylation sites (tertiary alicyclic amines) is 1. The second-order valence-electron chi connectivity index (χ2n) is 5.45. The van der Waals surface area contributed by atoms with Crippen LogP contribution < -0.4 is 0 Å². The van der Waals surface area contributed by atoms with Gasteiger partial charge in [-0.15, -0.1) is 0 Å². The number of carbonyl (C=O) groups is 1. The first-order valence-electron chi connectivity index (χ1n) is 6.66. The first-order chi connectivity index (χ1) is 8.78. The monoisotopic (exact) mass is 245 g/mol. The molecule has 2 aliphatic heterocycles. The highest BCUT2D eigenvalue weighted by atomic mass is 16.5. The van der Waals surface area contributed by atoms with Crippen molar-refractivity contribution in [3.63, 3.8) is 0 Å². The molecule has 3 rings (SSSR count).